The van der Waals surface area contributed by atoms with Crippen molar-refractivity contribution in [3.8, 4) is 0 Å². The molecule has 0 saturated carbocycles. The van der Waals surface area contributed by atoms with E-state index in [1.54, 1.807) is 12.1 Å². The Labute approximate surface area is 162 Å². The van der Waals surface area contributed by atoms with Crippen LogP contribution in [0.3, 0.4) is 0 Å². The van der Waals surface area contributed by atoms with Gasteiger partial charge in [-0.25, -0.2) is 0 Å². The number of carbonyl (C=O) groups is 1. The van der Waals surface area contributed by atoms with Crippen LogP contribution in [0.25, 0.3) is 10.2 Å². The number of hydrogen-bond acceptors (Lipinski definition) is 3. The predicted molar refractivity (Wildman–Crippen MR) is 105 cm³/mol. The number of rotatable bonds is 5. The van der Waals surface area contributed by atoms with Crippen LogP contribution in [0.15, 0.2) is 51.9 Å². The number of hydrogen-bond donors (Lipinski definition) is 0. The van der Waals surface area contributed by atoms with Gasteiger partial charge in [0.1, 0.15) is 0 Å². The monoisotopic (exact) mass is 438 g/mol. The second-order valence-corrected chi connectivity index (χ2v) is 7.63. The lowest BCUT2D eigenvalue weighted by atomic mass is 10.2. The molecule has 0 unspecified atom stereocenters. The molecule has 2 aromatic carbocycles. The molecule has 7 heteroatoms. The van der Waals surface area contributed by atoms with Crippen LogP contribution in [0.5, 0.6) is 0 Å². The normalized spacial score (nSPS) is 12.0. The Kier molecular flexibility index (Phi) is 6.06. The van der Waals surface area contributed by atoms with Crippen molar-refractivity contribution in [1.82, 2.24) is 4.57 Å². The van der Waals surface area contributed by atoms with E-state index in [1.165, 1.54) is 11.3 Å². The average molecular weight is 440 g/mol. The molecule has 1 aromatic heterocycles. The van der Waals surface area contributed by atoms with Gasteiger partial charge in [0.2, 0.25) is 0 Å². The Morgan fingerprint density at radius 2 is 2.16 bits per heavy atom. The summed E-state index contributed by atoms with van der Waals surface area (Å²) in [5, 5.41) is 0.663. The molecule has 25 heavy (non-hydrogen) atoms. The van der Waals surface area contributed by atoms with Crippen LogP contribution in [0.2, 0.25) is 5.02 Å². The Hall–Kier alpha value is -1.47. The third-order valence-electron chi connectivity index (χ3n) is 3.58. The average Bonchev–Trinajstić information content (AvgIpc) is 2.91. The predicted octanol–water partition coefficient (Wildman–Crippen LogP) is 4.90. The summed E-state index contributed by atoms with van der Waals surface area (Å²) in [5.41, 5.74) is 1.54. The lowest BCUT2D eigenvalue weighted by Gasteiger charge is -2.05. The highest BCUT2D eigenvalue weighted by Crippen LogP contribution is 2.22. The summed E-state index contributed by atoms with van der Waals surface area (Å²) < 4.78 is 9.31. The summed E-state index contributed by atoms with van der Waals surface area (Å²) in [4.78, 5) is 17.5. The minimum absolute atomic E-state index is 0.274. The number of fused-ring (bicyclic) bond motifs is 1. The van der Waals surface area contributed by atoms with Crippen molar-refractivity contribution in [2.24, 2.45) is 4.99 Å². The first-order valence-electron chi connectivity index (χ1n) is 7.79. The molecule has 0 aliphatic heterocycles. The Balaban J connectivity index is 2.06. The fourth-order valence-electron chi connectivity index (χ4n) is 2.42. The van der Waals surface area contributed by atoms with Crippen molar-refractivity contribution in [2.45, 2.75) is 13.5 Å². The van der Waals surface area contributed by atoms with Crippen LogP contribution < -0.4 is 4.80 Å². The second-order valence-electron chi connectivity index (χ2n) is 5.27. The number of nitrogens with zero attached hydrogens (tertiary/aromatic N) is 2. The van der Waals surface area contributed by atoms with E-state index in [2.05, 4.69) is 20.9 Å². The highest BCUT2D eigenvalue weighted by atomic mass is 79.9. The van der Waals surface area contributed by atoms with Gasteiger partial charge < -0.3 is 9.30 Å². The first-order chi connectivity index (χ1) is 12.1. The first kappa shape index (κ1) is 18.3. The van der Waals surface area contributed by atoms with Gasteiger partial charge in [-0.15, -0.1) is 0 Å². The SMILES string of the molecule is CCOCCn1c(=NC(=O)c2cccc(Br)c2)sc2cc(Cl)ccc21. The van der Waals surface area contributed by atoms with Gasteiger partial charge in [0.15, 0.2) is 4.80 Å². The maximum Gasteiger partial charge on any atom is 0.279 e. The first-order valence-corrected chi connectivity index (χ1v) is 9.78. The summed E-state index contributed by atoms with van der Waals surface area (Å²) >= 11 is 10.9. The van der Waals surface area contributed by atoms with E-state index >= 15 is 0 Å². The number of aromatic nitrogens is 1. The van der Waals surface area contributed by atoms with Gasteiger partial charge in [0.05, 0.1) is 16.8 Å². The lowest BCUT2D eigenvalue weighted by Crippen LogP contribution is -2.19. The van der Waals surface area contributed by atoms with Crippen molar-refractivity contribution in [3.05, 3.63) is 62.3 Å². The van der Waals surface area contributed by atoms with Crippen molar-refractivity contribution in [3.63, 3.8) is 0 Å². The Morgan fingerprint density at radius 1 is 1.32 bits per heavy atom. The van der Waals surface area contributed by atoms with Crippen LogP contribution in [0.4, 0.5) is 0 Å². The van der Waals surface area contributed by atoms with Gasteiger partial charge in [-0.3, -0.25) is 4.79 Å². The summed E-state index contributed by atoms with van der Waals surface area (Å²) in [6.07, 6.45) is 0. The van der Waals surface area contributed by atoms with E-state index in [1.807, 2.05) is 41.8 Å². The number of amides is 1. The van der Waals surface area contributed by atoms with Gasteiger partial charge >= 0.3 is 0 Å². The third kappa shape index (κ3) is 4.39. The third-order valence-corrected chi connectivity index (χ3v) is 5.35. The molecule has 3 aromatic rings. The van der Waals surface area contributed by atoms with Crippen LogP contribution in [-0.2, 0) is 11.3 Å². The smallest absolute Gasteiger partial charge is 0.279 e. The van der Waals surface area contributed by atoms with Gasteiger partial charge in [-0.1, -0.05) is 44.9 Å². The van der Waals surface area contributed by atoms with Gasteiger partial charge in [0, 0.05) is 28.2 Å². The van der Waals surface area contributed by atoms with E-state index in [9.17, 15) is 4.79 Å². The van der Waals surface area contributed by atoms with E-state index in [-0.39, 0.29) is 5.91 Å². The molecule has 0 saturated heterocycles. The molecule has 1 heterocycles. The number of thiazole rings is 1. The summed E-state index contributed by atoms with van der Waals surface area (Å²) in [7, 11) is 0. The Morgan fingerprint density at radius 3 is 2.92 bits per heavy atom. The van der Waals surface area contributed by atoms with Gasteiger partial charge in [-0.2, -0.15) is 4.99 Å². The molecule has 4 nitrogen and oxygen atoms in total. The zero-order chi connectivity index (χ0) is 17.8. The molecule has 0 radical (unpaired) electrons. The second kappa shape index (κ2) is 8.27. The molecular formula is C18H16BrClN2O2S. The van der Waals surface area contributed by atoms with Crippen molar-refractivity contribution >= 4 is 55.0 Å². The standard InChI is InChI=1S/C18H16BrClN2O2S/c1-2-24-9-8-22-15-7-6-14(20)11-16(15)25-18(22)21-17(23)12-4-3-5-13(19)10-12/h3-7,10-11H,2,8-9H2,1H3. The zero-order valence-electron chi connectivity index (χ0n) is 13.5. The quantitative estimate of drug-likeness (QED) is 0.531. The van der Waals surface area contributed by atoms with E-state index in [4.69, 9.17) is 16.3 Å². The summed E-state index contributed by atoms with van der Waals surface area (Å²) in [5.74, 6) is -0.274. The topological polar surface area (TPSA) is 43.6 Å². The summed E-state index contributed by atoms with van der Waals surface area (Å²) in [6, 6.07) is 12.9. The van der Waals surface area contributed by atoms with Gasteiger partial charge in [0.25, 0.3) is 5.91 Å². The van der Waals surface area contributed by atoms with Gasteiger partial charge in [-0.05, 0) is 43.3 Å². The minimum Gasteiger partial charge on any atom is -0.380 e. The molecular weight excluding hydrogens is 424 g/mol. The van der Waals surface area contributed by atoms with Crippen molar-refractivity contribution < 1.29 is 9.53 Å². The molecule has 1 amide bonds. The van der Waals surface area contributed by atoms with E-state index < -0.39 is 0 Å². The highest BCUT2D eigenvalue weighted by molar-refractivity contribution is 9.10. The zero-order valence-corrected chi connectivity index (χ0v) is 16.7. The maximum atomic E-state index is 12.5. The largest absolute Gasteiger partial charge is 0.380 e. The van der Waals surface area contributed by atoms with Crippen LogP contribution in [-0.4, -0.2) is 23.7 Å². The minimum atomic E-state index is -0.274. The molecule has 0 spiro atoms. The number of ether oxygens (including phenoxy) is 1. The highest BCUT2D eigenvalue weighted by Gasteiger charge is 2.10. The molecule has 0 fully saturated rings. The Bertz CT molecular complexity index is 981. The maximum absolute atomic E-state index is 12.5. The van der Waals surface area contributed by atoms with Crippen molar-refractivity contribution in [2.75, 3.05) is 13.2 Å². The molecule has 130 valence electrons. The molecule has 0 bridgehead atoms. The lowest BCUT2D eigenvalue weighted by molar-refractivity contribution is 0.0996. The molecule has 0 N–H and O–H groups in total. The molecule has 0 aliphatic rings. The van der Waals surface area contributed by atoms with Crippen LogP contribution in [0, 0.1) is 0 Å². The molecule has 0 atom stereocenters. The number of carbonyl (C=O) groups excluding carboxylic acids is 1. The van der Waals surface area contributed by atoms with Crippen LogP contribution in [0.1, 0.15) is 17.3 Å². The fraction of sp³-hybridized carbons (Fsp3) is 0.222. The summed E-state index contributed by atoms with van der Waals surface area (Å²) in [6.45, 7) is 3.79. The van der Waals surface area contributed by atoms with Crippen LogP contribution >= 0.6 is 38.9 Å². The fourth-order valence-corrected chi connectivity index (χ4v) is 4.15. The molecule has 3 rings (SSSR count). The van der Waals surface area contributed by atoms with E-state index in [0.29, 0.717) is 35.1 Å². The molecule has 0 aliphatic carbocycles. The van der Waals surface area contributed by atoms with Crippen molar-refractivity contribution in [1.29, 1.82) is 0 Å². The number of benzene rings is 2. The number of halogens is 2. The van der Waals surface area contributed by atoms with E-state index in [0.717, 1.165) is 14.7 Å².